The minimum atomic E-state index is 0.231. The van der Waals surface area contributed by atoms with Crippen LogP contribution in [0.1, 0.15) is 33.6 Å². The van der Waals surface area contributed by atoms with E-state index in [-0.39, 0.29) is 5.91 Å². The van der Waals surface area contributed by atoms with Gasteiger partial charge in [0.25, 0.3) is 0 Å². The van der Waals surface area contributed by atoms with Gasteiger partial charge >= 0.3 is 0 Å². The number of carbonyl (C=O) groups is 1. The van der Waals surface area contributed by atoms with Crippen LogP contribution in [-0.4, -0.2) is 24.4 Å². The molecular weight excluding hydrogens is 150 g/mol. The number of allylic oxidation sites excluding steroid dienone is 1. The summed E-state index contributed by atoms with van der Waals surface area (Å²) in [4.78, 5) is 13.0. The van der Waals surface area contributed by atoms with Crippen molar-refractivity contribution in [1.29, 1.82) is 0 Å². The highest BCUT2D eigenvalue weighted by molar-refractivity contribution is 5.75. The number of amides is 1. The molecule has 0 rings (SSSR count). The van der Waals surface area contributed by atoms with Crippen LogP contribution in [0.4, 0.5) is 0 Å². The normalized spacial score (nSPS) is 9.33. The fourth-order valence-corrected chi connectivity index (χ4v) is 0.826. The van der Waals surface area contributed by atoms with Crippen molar-refractivity contribution < 1.29 is 4.79 Å². The van der Waals surface area contributed by atoms with Crippen molar-refractivity contribution in [3.8, 4) is 0 Å². The van der Waals surface area contributed by atoms with E-state index in [4.69, 9.17) is 0 Å². The number of likely N-dealkylation sites (N-methyl/N-ethyl adjacent to an activating group) is 1. The van der Waals surface area contributed by atoms with Crippen LogP contribution in [0.25, 0.3) is 0 Å². The first kappa shape index (κ1) is 11.2. The fraction of sp³-hybridized carbons (Fsp3) is 0.700. The lowest BCUT2D eigenvalue weighted by molar-refractivity contribution is -0.129. The molecule has 2 heteroatoms. The van der Waals surface area contributed by atoms with E-state index in [1.54, 1.807) is 4.90 Å². The molecule has 0 saturated carbocycles. The smallest absolute Gasteiger partial charge is 0.222 e. The van der Waals surface area contributed by atoms with E-state index in [0.29, 0.717) is 6.42 Å². The summed E-state index contributed by atoms with van der Waals surface area (Å²) in [6.45, 7) is 6.84. The Morgan fingerprint density at radius 2 is 2.00 bits per heavy atom. The van der Waals surface area contributed by atoms with Gasteiger partial charge < -0.3 is 4.90 Å². The minimum Gasteiger partial charge on any atom is -0.342 e. The molecule has 0 unspecified atom stereocenters. The lowest BCUT2D eigenvalue weighted by Gasteiger charge is -2.14. The highest BCUT2D eigenvalue weighted by atomic mass is 16.2. The average Bonchev–Trinajstić information content (AvgIpc) is 2.00. The Morgan fingerprint density at radius 1 is 1.42 bits per heavy atom. The topological polar surface area (TPSA) is 20.3 Å². The van der Waals surface area contributed by atoms with Crippen molar-refractivity contribution >= 4 is 5.91 Å². The molecule has 2 nitrogen and oxygen atoms in total. The lowest BCUT2D eigenvalue weighted by atomic mass is 10.3. The summed E-state index contributed by atoms with van der Waals surface area (Å²) in [6.07, 6.45) is 3.65. The largest absolute Gasteiger partial charge is 0.342 e. The van der Waals surface area contributed by atoms with E-state index in [9.17, 15) is 4.79 Å². The monoisotopic (exact) mass is 169 g/mol. The van der Waals surface area contributed by atoms with Gasteiger partial charge in [-0.2, -0.15) is 0 Å². The van der Waals surface area contributed by atoms with Crippen LogP contribution >= 0.6 is 0 Å². The molecule has 0 aliphatic heterocycles. The van der Waals surface area contributed by atoms with E-state index in [1.165, 1.54) is 5.57 Å². The number of carbonyl (C=O) groups excluding carboxylic acids is 1. The Bertz CT molecular complexity index is 169. The minimum absolute atomic E-state index is 0.231. The van der Waals surface area contributed by atoms with Crippen LogP contribution in [-0.2, 0) is 4.79 Å². The highest BCUT2D eigenvalue weighted by Gasteiger charge is 2.04. The van der Waals surface area contributed by atoms with Crippen LogP contribution in [0.2, 0.25) is 0 Å². The van der Waals surface area contributed by atoms with E-state index in [1.807, 2.05) is 27.8 Å². The summed E-state index contributed by atoms with van der Waals surface area (Å²) < 4.78 is 0. The van der Waals surface area contributed by atoms with E-state index >= 15 is 0 Å². The molecule has 0 heterocycles. The van der Waals surface area contributed by atoms with Gasteiger partial charge in [0.05, 0.1) is 0 Å². The summed E-state index contributed by atoms with van der Waals surface area (Å²) >= 11 is 0. The van der Waals surface area contributed by atoms with Crippen molar-refractivity contribution in [1.82, 2.24) is 4.90 Å². The maximum atomic E-state index is 11.3. The van der Waals surface area contributed by atoms with Crippen LogP contribution in [0, 0.1) is 0 Å². The molecular formula is C10H19NO. The molecule has 0 aromatic heterocycles. The molecule has 0 fully saturated rings. The zero-order valence-electron chi connectivity index (χ0n) is 8.55. The Labute approximate surface area is 75.3 Å². The van der Waals surface area contributed by atoms with Crippen LogP contribution < -0.4 is 0 Å². The van der Waals surface area contributed by atoms with Crippen LogP contribution in [0.5, 0.6) is 0 Å². The lowest BCUT2D eigenvalue weighted by Crippen LogP contribution is -2.26. The molecule has 12 heavy (non-hydrogen) atoms. The van der Waals surface area contributed by atoms with Gasteiger partial charge in [0.15, 0.2) is 0 Å². The van der Waals surface area contributed by atoms with Crippen LogP contribution in [0.15, 0.2) is 11.6 Å². The summed E-state index contributed by atoms with van der Waals surface area (Å²) in [5, 5.41) is 0. The SMILES string of the molecule is CCCC(=O)N(C)CC=C(C)C. The van der Waals surface area contributed by atoms with E-state index in [0.717, 1.165) is 13.0 Å². The predicted molar refractivity (Wildman–Crippen MR) is 52.0 cm³/mol. The third-order valence-electron chi connectivity index (χ3n) is 1.66. The van der Waals surface area contributed by atoms with Gasteiger partial charge in [0.1, 0.15) is 0 Å². The van der Waals surface area contributed by atoms with Gasteiger partial charge in [-0.05, 0) is 20.3 Å². The molecule has 0 N–H and O–H groups in total. The number of hydrogen-bond donors (Lipinski definition) is 0. The highest BCUT2D eigenvalue weighted by Crippen LogP contribution is 1.96. The first-order valence-electron chi connectivity index (χ1n) is 4.45. The third-order valence-corrected chi connectivity index (χ3v) is 1.66. The quantitative estimate of drug-likeness (QED) is 0.591. The standard InChI is InChI=1S/C10H19NO/c1-5-6-10(12)11(4)8-7-9(2)3/h7H,5-6,8H2,1-4H3. The van der Waals surface area contributed by atoms with Gasteiger partial charge in [-0.3, -0.25) is 4.79 Å². The van der Waals surface area contributed by atoms with Gasteiger partial charge in [-0.25, -0.2) is 0 Å². The van der Waals surface area contributed by atoms with E-state index < -0.39 is 0 Å². The first-order valence-corrected chi connectivity index (χ1v) is 4.45. The molecule has 1 amide bonds. The second-order valence-corrected chi connectivity index (χ2v) is 3.31. The summed E-state index contributed by atoms with van der Waals surface area (Å²) in [5.74, 6) is 0.231. The van der Waals surface area contributed by atoms with Crippen molar-refractivity contribution in [3.63, 3.8) is 0 Å². The molecule has 0 radical (unpaired) electrons. The maximum absolute atomic E-state index is 11.3. The first-order chi connectivity index (χ1) is 5.57. The van der Waals surface area contributed by atoms with Crippen molar-refractivity contribution in [3.05, 3.63) is 11.6 Å². The Balaban J connectivity index is 3.79. The molecule has 0 spiro atoms. The van der Waals surface area contributed by atoms with Gasteiger partial charge in [0.2, 0.25) is 5.91 Å². The third kappa shape index (κ3) is 4.94. The summed E-state index contributed by atoms with van der Waals surface area (Å²) in [6, 6.07) is 0. The molecule has 0 atom stereocenters. The Hall–Kier alpha value is -0.790. The van der Waals surface area contributed by atoms with E-state index in [2.05, 4.69) is 6.08 Å². The average molecular weight is 169 g/mol. The molecule has 0 aromatic rings. The molecule has 0 aliphatic carbocycles. The second kappa shape index (κ2) is 5.81. The maximum Gasteiger partial charge on any atom is 0.222 e. The van der Waals surface area contributed by atoms with Gasteiger partial charge in [0, 0.05) is 20.0 Å². The molecule has 0 aromatic carbocycles. The second-order valence-electron chi connectivity index (χ2n) is 3.31. The fourth-order valence-electron chi connectivity index (χ4n) is 0.826. The predicted octanol–water partition coefficient (Wildman–Crippen LogP) is 2.21. The number of hydrogen-bond acceptors (Lipinski definition) is 1. The van der Waals surface area contributed by atoms with Crippen molar-refractivity contribution in [2.24, 2.45) is 0 Å². The zero-order chi connectivity index (χ0) is 9.56. The number of nitrogens with zero attached hydrogens (tertiary/aromatic N) is 1. The molecule has 0 bridgehead atoms. The Morgan fingerprint density at radius 3 is 2.42 bits per heavy atom. The van der Waals surface area contributed by atoms with Crippen molar-refractivity contribution in [2.75, 3.05) is 13.6 Å². The number of rotatable bonds is 4. The van der Waals surface area contributed by atoms with Gasteiger partial charge in [-0.1, -0.05) is 18.6 Å². The summed E-state index contributed by atoms with van der Waals surface area (Å²) in [5.41, 5.74) is 1.26. The molecule has 0 saturated heterocycles. The molecule has 70 valence electrons. The van der Waals surface area contributed by atoms with Crippen molar-refractivity contribution in [2.45, 2.75) is 33.6 Å². The van der Waals surface area contributed by atoms with Gasteiger partial charge in [-0.15, -0.1) is 0 Å². The molecule has 0 aliphatic rings. The zero-order valence-corrected chi connectivity index (χ0v) is 8.55. The summed E-state index contributed by atoms with van der Waals surface area (Å²) in [7, 11) is 1.84. The van der Waals surface area contributed by atoms with Crippen LogP contribution in [0.3, 0.4) is 0 Å². The Kier molecular flexibility index (Phi) is 5.43.